The van der Waals surface area contributed by atoms with Crippen LogP contribution in [0.2, 0.25) is 0 Å². The van der Waals surface area contributed by atoms with Crippen LogP contribution in [0.4, 0.5) is 0 Å². The van der Waals surface area contributed by atoms with E-state index in [2.05, 4.69) is 10.3 Å². The Morgan fingerprint density at radius 3 is 2.68 bits per heavy atom. The van der Waals surface area contributed by atoms with Crippen molar-refractivity contribution in [1.82, 2.24) is 14.9 Å². The predicted octanol–water partition coefficient (Wildman–Crippen LogP) is 3.13. The first-order chi connectivity index (χ1) is 13.6. The van der Waals surface area contributed by atoms with Gasteiger partial charge in [0.1, 0.15) is 0 Å². The molecule has 2 aromatic carbocycles. The molecule has 0 aliphatic carbocycles. The Balaban J connectivity index is 1.71. The van der Waals surface area contributed by atoms with Gasteiger partial charge in [0.05, 0.1) is 23.0 Å². The van der Waals surface area contributed by atoms with Crippen LogP contribution < -0.4 is 10.9 Å². The van der Waals surface area contributed by atoms with Crippen LogP contribution in [0, 0.1) is 4.77 Å². The fraction of sp³-hybridized carbons (Fsp3) is 0.286. The summed E-state index contributed by atoms with van der Waals surface area (Å²) in [5.74, 6) is -0.0376. The zero-order valence-corrected chi connectivity index (χ0v) is 16.6. The van der Waals surface area contributed by atoms with Crippen molar-refractivity contribution in [2.24, 2.45) is 0 Å². The van der Waals surface area contributed by atoms with Gasteiger partial charge in [0.2, 0.25) is 5.91 Å². The van der Waals surface area contributed by atoms with E-state index in [1.165, 1.54) is 4.57 Å². The van der Waals surface area contributed by atoms with E-state index in [4.69, 9.17) is 17.0 Å². The number of amides is 1. The van der Waals surface area contributed by atoms with Gasteiger partial charge in [-0.1, -0.05) is 24.3 Å². The molecule has 2 N–H and O–H groups in total. The quantitative estimate of drug-likeness (QED) is 0.452. The van der Waals surface area contributed by atoms with E-state index < -0.39 is 0 Å². The second kappa shape index (κ2) is 9.43. The van der Waals surface area contributed by atoms with Crippen LogP contribution in [0.15, 0.2) is 53.3 Å². The Morgan fingerprint density at radius 2 is 1.93 bits per heavy atom. The lowest BCUT2D eigenvalue weighted by molar-refractivity contribution is -0.120. The van der Waals surface area contributed by atoms with Gasteiger partial charge in [-0.3, -0.25) is 14.2 Å². The number of para-hydroxylation sites is 1. The lowest BCUT2D eigenvalue weighted by Crippen LogP contribution is -2.26. The van der Waals surface area contributed by atoms with Gasteiger partial charge in [-0.25, -0.2) is 0 Å². The third-order valence-electron chi connectivity index (χ3n) is 4.36. The monoisotopic (exact) mass is 397 g/mol. The Kier molecular flexibility index (Phi) is 6.73. The molecule has 1 amide bonds. The molecule has 7 heteroatoms. The molecule has 3 aromatic rings. The summed E-state index contributed by atoms with van der Waals surface area (Å²) in [4.78, 5) is 27.9. The number of carbonyl (C=O) groups is 1. The summed E-state index contributed by atoms with van der Waals surface area (Å²) < 4.78 is 7.05. The number of carbonyl (C=O) groups excluding carboxylic acids is 1. The smallest absolute Gasteiger partial charge is 0.266 e. The van der Waals surface area contributed by atoms with E-state index in [9.17, 15) is 9.59 Å². The number of rotatable bonds is 8. The molecule has 146 valence electrons. The number of H-pyrrole nitrogens is 1. The molecule has 1 heterocycles. The first kappa shape index (κ1) is 20.0. The second-order valence-electron chi connectivity index (χ2n) is 6.36. The van der Waals surface area contributed by atoms with E-state index in [0.717, 1.165) is 12.0 Å². The summed E-state index contributed by atoms with van der Waals surface area (Å²) in [7, 11) is 0. The molecular weight excluding hydrogens is 374 g/mol. The highest BCUT2D eigenvalue weighted by molar-refractivity contribution is 7.71. The van der Waals surface area contributed by atoms with Crippen LogP contribution in [0.25, 0.3) is 16.6 Å². The molecule has 28 heavy (non-hydrogen) atoms. The number of aromatic amines is 1. The Labute approximate surface area is 168 Å². The van der Waals surface area contributed by atoms with E-state index >= 15 is 0 Å². The predicted molar refractivity (Wildman–Crippen MR) is 113 cm³/mol. The molecule has 0 unspecified atom stereocenters. The van der Waals surface area contributed by atoms with Gasteiger partial charge in [-0.05, 0) is 55.4 Å². The Morgan fingerprint density at radius 1 is 1.18 bits per heavy atom. The maximum absolute atomic E-state index is 12.8. The largest absolute Gasteiger partial charge is 0.382 e. The maximum Gasteiger partial charge on any atom is 0.266 e. The van der Waals surface area contributed by atoms with E-state index in [-0.39, 0.29) is 17.9 Å². The van der Waals surface area contributed by atoms with Gasteiger partial charge >= 0.3 is 0 Å². The second-order valence-corrected chi connectivity index (χ2v) is 6.75. The summed E-state index contributed by atoms with van der Waals surface area (Å²) in [5.41, 5.74) is 2.08. The van der Waals surface area contributed by atoms with Gasteiger partial charge in [0.15, 0.2) is 4.77 Å². The average Bonchev–Trinajstić information content (AvgIpc) is 2.69. The van der Waals surface area contributed by atoms with Gasteiger partial charge in [-0.2, -0.15) is 0 Å². The summed E-state index contributed by atoms with van der Waals surface area (Å²) in [6, 6.07) is 14.6. The third kappa shape index (κ3) is 4.74. The first-order valence-corrected chi connectivity index (χ1v) is 9.69. The van der Waals surface area contributed by atoms with Crippen molar-refractivity contribution in [3.8, 4) is 5.69 Å². The SMILES string of the molecule is CCOCCCNC(=O)Cc1ccc(-n2c(=S)[nH]c3ccccc3c2=O)cc1. The standard InChI is InChI=1S/C21H23N3O3S/c1-2-27-13-5-12-22-19(25)14-15-8-10-16(11-9-15)24-20(26)17-6-3-4-7-18(17)23-21(24)28/h3-4,6-11H,2,5,12-14H2,1H3,(H,22,25)(H,23,28). The molecule has 0 aliphatic rings. The van der Waals surface area contributed by atoms with Crippen LogP contribution in [0.5, 0.6) is 0 Å². The van der Waals surface area contributed by atoms with Crippen molar-refractivity contribution in [2.75, 3.05) is 19.8 Å². The molecule has 6 nitrogen and oxygen atoms in total. The highest BCUT2D eigenvalue weighted by Gasteiger charge is 2.08. The Hall–Kier alpha value is -2.77. The number of aromatic nitrogens is 2. The van der Waals surface area contributed by atoms with Crippen molar-refractivity contribution < 1.29 is 9.53 Å². The van der Waals surface area contributed by atoms with E-state index in [1.807, 2.05) is 37.3 Å². The van der Waals surface area contributed by atoms with Crippen LogP contribution >= 0.6 is 12.2 Å². The molecule has 0 fully saturated rings. The fourth-order valence-electron chi connectivity index (χ4n) is 2.95. The normalized spacial score (nSPS) is 10.9. The summed E-state index contributed by atoms with van der Waals surface area (Å²) >= 11 is 5.36. The van der Waals surface area contributed by atoms with Crippen molar-refractivity contribution >= 4 is 29.0 Å². The fourth-order valence-corrected chi connectivity index (χ4v) is 3.25. The molecule has 0 radical (unpaired) electrons. The molecule has 0 spiro atoms. The number of fused-ring (bicyclic) bond motifs is 1. The average molecular weight is 398 g/mol. The van der Waals surface area contributed by atoms with Crippen LogP contribution in [0.1, 0.15) is 18.9 Å². The molecular formula is C21H23N3O3S. The number of hydrogen-bond donors (Lipinski definition) is 2. The molecule has 0 aliphatic heterocycles. The number of benzene rings is 2. The van der Waals surface area contributed by atoms with Crippen molar-refractivity contribution in [2.45, 2.75) is 19.8 Å². The molecule has 0 saturated heterocycles. The van der Waals surface area contributed by atoms with Crippen LogP contribution in [-0.4, -0.2) is 35.2 Å². The zero-order chi connectivity index (χ0) is 19.9. The number of nitrogens with one attached hydrogen (secondary N) is 2. The third-order valence-corrected chi connectivity index (χ3v) is 4.64. The minimum atomic E-state index is -0.167. The van der Waals surface area contributed by atoms with Gasteiger partial charge in [0, 0.05) is 19.8 Å². The number of nitrogens with zero attached hydrogens (tertiary/aromatic N) is 1. The van der Waals surface area contributed by atoms with E-state index in [1.54, 1.807) is 18.2 Å². The summed E-state index contributed by atoms with van der Waals surface area (Å²) in [6.45, 7) is 3.87. The maximum atomic E-state index is 12.8. The zero-order valence-electron chi connectivity index (χ0n) is 15.7. The first-order valence-electron chi connectivity index (χ1n) is 9.28. The van der Waals surface area contributed by atoms with Crippen LogP contribution in [0.3, 0.4) is 0 Å². The minimum Gasteiger partial charge on any atom is -0.382 e. The van der Waals surface area contributed by atoms with Gasteiger partial charge in [-0.15, -0.1) is 0 Å². The molecule has 0 bridgehead atoms. The Bertz CT molecular complexity index is 1070. The number of hydrogen-bond acceptors (Lipinski definition) is 4. The van der Waals surface area contributed by atoms with Gasteiger partial charge in [0.25, 0.3) is 5.56 Å². The molecule has 3 rings (SSSR count). The topological polar surface area (TPSA) is 76.1 Å². The molecule has 0 saturated carbocycles. The van der Waals surface area contributed by atoms with Crippen molar-refractivity contribution in [3.63, 3.8) is 0 Å². The highest BCUT2D eigenvalue weighted by atomic mass is 32.1. The summed E-state index contributed by atoms with van der Waals surface area (Å²) in [5, 5.41) is 3.45. The van der Waals surface area contributed by atoms with Crippen molar-refractivity contribution in [1.29, 1.82) is 0 Å². The number of ether oxygens (including phenoxy) is 1. The lowest BCUT2D eigenvalue weighted by Gasteiger charge is -2.09. The highest BCUT2D eigenvalue weighted by Crippen LogP contribution is 2.12. The van der Waals surface area contributed by atoms with E-state index in [0.29, 0.717) is 41.1 Å². The molecule has 1 aromatic heterocycles. The van der Waals surface area contributed by atoms with Gasteiger partial charge < -0.3 is 15.0 Å². The molecule has 0 atom stereocenters. The summed E-state index contributed by atoms with van der Waals surface area (Å²) in [6.07, 6.45) is 1.08. The lowest BCUT2D eigenvalue weighted by atomic mass is 10.1. The minimum absolute atomic E-state index is 0.0376. The van der Waals surface area contributed by atoms with Crippen molar-refractivity contribution in [3.05, 3.63) is 69.2 Å². The van der Waals surface area contributed by atoms with Crippen LogP contribution in [-0.2, 0) is 16.0 Å².